The molecule has 0 unspecified atom stereocenters. The molecule has 0 spiro atoms. The van der Waals surface area contributed by atoms with E-state index in [2.05, 4.69) is 10.5 Å². The fourth-order valence-electron chi connectivity index (χ4n) is 1.99. The molecule has 0 aliphatic carbocycles. The van der Waals surface area contributed by atoms with Crippen LogP contribution in [-0.4, -0.2) is 18.7 Å². The molecule has 2 aromatic carbocycles. The number of hydrogen-bond donors (Lipinski definition) is 1. The maximum absolute atomic E-state index is 12.5. The van der Waals surface area contributed by atoms with Crippen LogP contribution in [-0.2, 0) is 11.0 Å². The highest BCUT2D eigenvalue weighted by Gasteiger charge is 2.29. The lowest BCUT2D eigenvalue weighted by atomic mass is 10.1. The predicted octanol–water partition coefficient (Wildman–Crippen LogP) is 3.85. The summed E-state index contributed by atoms with van der Waals surface area (Å²) in [6, 6.07) is 9.98. The van der Waals surface area contributed by atoms with Gasteiger partial charge in [-0.2, -0.15) is 18.3 Å². The summed E-state index contributed by atoms with van der Waals surface area (Å²) in [7, 11) is 0. The first kappa shape index (κ1) is 18.5. The van der Waals surface area contributed by atoms with Crippen LogP contribution in [0.3, 0.4) is 0 Å². The van der Waals surface area contributed by atoms with E-state index in [1.165, 1.54) is 18.3 Å². The third-order valence-corrected chi connectivity index (χ3v) is 3.55. The first-order valence-corrected chi connectivity index (χ1v) is 7.45. The number of carbonyl (C=O) groups excluding carboxylic acids is 1. The largest absolute Gasteiger partial charge is 0.483 e. The van der Waals surface area contributed by atoms with Crippen LogP contribution in [0.2, 0.25) is 0 Å². The fourth-order valence-corrected chi connectivity index (χ4v) is 1.99. The summed E-state index contributed by atoms with van der Waals surface area (Å²) in [5.74, 6) is 0.144. The molecule has 0 radical (unpaired) electrons. The monoisotopic (exact) mass is 350 g/mol. The molecule has 0 aliphatic rings. The topological polar surface area (TPSA) is 50.7 Å². The molecule has 0 saturated heterocycles. The van der Waals surface area contributed by atoms with E-state index in [0.29, 0.717) is 11.3 Å². The number of halogens is 3. The molecule has 1 N–H and O–H groups in total. The number of hydrogen-bond acceptors (Lipinski definition) is 3. The van der Waals surface area contributed by atoms with Gasteiger partial charge >= 0.3 is 6.18 Å². The zero-order valence-electron chi connectivity index (χ0n) is 13.7. The Morgan fingerprint density at radius 2 is 1.84 bits per heavy atom. The van der Waals surface area contributed by atoms with E-state index >= 15 is 0 Å². The number of hydrazone groups is 1. The average Bonchev–Trinajstić information content (AvgIpc) is 2.56. The van der Waals surface area contributed by atoms with Crippen molar-refractivity contribution in [2.75, 3.05) is 6.61 Å². The summed E-state index contributed by atoms with van der Waals surface area (Å²) in [5, 5.41) is 3.70. The summed E-state index contributed by atoms with van der Waals surface area (Å²) < 4.78 is 42.8. The van der Waals surface area contributed by atoms with Crippen LogP contribution in [0.25, 0.3) is 0 Å². The molecule has 0 aliphatic heterocycles. The summed E-state index contributed by atoms with van der Waals surface area (Å²) in [4.78, 5) is 11.7. The average molecular weight is 350 g/mol. The molecule has 132 valence electrons. The molecule has 0 atom stereocenters. The van der Waals surface area contributed by atoms with E-state index < -0.39 is 17.6 Å². The van der Waals surface area contributed by atoms with Crippen molar-refractivity contribution in [2.45, 2.75) is 20.0 Å². The second-order valence-electron chi connectivity index (χ2n) is 5.40. The SMILES string of the molecule is Cc1cccc(OCC(=O)N/N=C/c2ccc(C(F)(F)F)cc2)c1C. The third-order valence-electron chi connectivity index (χ3n) is 3.55. The zero-order chi connectivity index (χ0) is 18.4. The van der Waals surface area contributed by atoms with Crippen LogP contribution < -0.4 is 10.2 Å². The maximum Gasteiger partial charge on any atom is 0.416 e. The molecule has 2 aromatic rings. The van der Waals surface area contributed by atoms with Crippen LogP contribution in [0, 0.1) is 13.8 Å². The maximum atomic E-state index is 12.5. The van der Waals surface area contributed by atoms with Gasteiger partial charge in [0.25, 0.3) is 5.91 Å². The van der Waals surface area contributed by atoms with E-state index in [-0.39, 0.29) is 6.61 Å². The molecule has 7 heteroatoms. The zero-order valence-corrected chi connectivity index (χ0v) is 13.7. The van der Waals surface area contributed by atoms with E-state index in [0.717, 1.165) is 23.3 Å². The lowest BCUT2D eigenvalue weighted by molar-refractivity contribution is -0.137. The minimum atomic E-state index is -4.38. The number of nitrogens with zero attached hydrogens (tertiary/aromatic N) is 1. The number of rotatable bonds is 5. The quantitative estimate of drug-likeness (QED) is 0.658. The van der Waals surface area contributed by atoms with Crippen molar-refractivity contribution >= 4 is 12.1 Å². The molecule has 2 rings (SSSR count). The summed E-state index contributed by atoms with van der Waals surface area (Å²) in [6.45, 7) is 3.62. The Morgan fingerprint density at radius 1 is 1.16 bits per heavy atom. The standard InChI is InChI=1S/C18H17F3N2O2/c1-12-4-3-5-16(13(12)2)25-11-17(24)23-22-10-14-6-8-15(9-7-14)18(19,20)21/h3-10H,11H2,1-2H3,(H,23,24)/b22-10+. The summed E-state index contributed by atoms with van der Waals surface area (Å²) in [6.07, 6.45) is -3.12. The number of amides is 1. The molecular weight excluding hydrogens is 333 g/mol. The van der Waals surface area contributed by atoms with Gasteiger partial charge in [0, 0.05) is 0 Å². The molecule has 0 aromatic heterocycles. The van der Waals surface area contributed by atoms with Gasteiger partial charge in [-0.25, -0.2) is 5.43 Å². The van der Waals surface area contributed by atoms with Crippen molar-refractivity contribution < 1.29 is 22.7 Å². The van der Waals surface area contributed by atoms with Gasteiger partial charge in [0.2, 0.25) is 0 Å². The number of nitrogens with one attached hydrogen (secondary N) is 1. The van der Waals surface area contributed by atoms with Gasteiger partial charge in [-0.3, -0.25) is 4.79 Å². The number of ether oxygens (including phenoxy) is 1. The van der Waals surface area contributed by atoms with Crippen molar-refractivity contribution in [1.29, 1.82) is 0 Å². The Morgan fingerprint density at radius 3 is 2.48 bits per heavy atom. The minimum Gasteiger partial charge on any atom is -0.483 e. The molecule has 25 heavy (non-hydrogen) atoms. The highest BCUT2D eigenvalue weighted by molar-refractivity contribution is 5.83. The Bertz CT molecular complexity index is 769. The van der Waals surface area contributed by atoms with Crippen molar-refractivity contribution in [3.63, 3.8) is 0 Å². The minimum absolute atomic E-state index is 0.214. The first-order chi connectivity index (χ1) is 11.8. The molecule has 0 fully saturated rings. The Labute approximate surface area is 143 Å². The normalized spacial score (nSPS) is 11.6. The van der Waals surface area contributed by atoms with Gasteiger partial charge in [-0.1, -0.05) is 24.3 Å². The van der Waals surface area contributed by atoms with Crippen molar-refractivity contribution in [3.8, 4) is 5.75 Å². The molecule has 0 heterocycles. The summed E-state index contributed by atoms with van der Waals surface area (Å²) in [5.41, 5.74) is 3.96. The van der Waals surface area contributed by atoms with E-state index in [9.17, 15) is 18.0 Å². The van der Waals surface area contributed by atoms with Gasteiger partial charge < -0.3 is 4.74 Å². The van der Waals surface area contributed by atoms with Crippen LogP contribution >= 0.6 is 0 Å². The Hall–Kier alpha value is -2.83. The highest BCUT2D eigenvalue weighted by atomic mass is 19.4. The lowest BCUT2D eigenvalue weighted by Crippen LogP contribution is -2.24. The fraction of sp³-hybridized carbons (Fsp3) is 0.222. The number of aryl methyl sites for hydroxylation is 1. The second kappa shape index (κ2) is 7.83. The van der Waals surface area contributed by atoms with Gasteiger partial charge in [0.05, 0.1) is 11.8 Å². The molecule has 0 saturated carbocycles. The van der Waals surface area contributed by atoms with Gasteiger partial charge in [-0.15, -0.1) is 0 Å². The van der Waals surface area contributed by atoms with Crippen LogP contribution in [0.1, 0.15) is 22.3 Å². The van der Waals surface area contributed by atoms with Gasteiger partial charge in [-0.05, 0) is 48.7 Å². The number of carbonyl (C=O) groups is 1. The van der Waals surface area contributed by atoms with Crippen molar-refractivity contribution in [1.82, 2.24) is 5.43 Å². The number of benzene rings is 2. The third kappa shape index (κ3) is 5.34. The molecule has 0 bridgehead atoms. The Kier molecular flexibility index (Phi) is 5.80. The van der Waals surface area contributed by atoms with E-state index in [1.807, 2.05) is 26.0 Å². The lowest BCUT2D eigenvalue weighted by Gasteiger charge is -2.09. The first-order valence-electron chi connectivity index (χ1n) is 7.45. The second-order valence-corrected chi connectivity index (χ2v) is 5.40. The van der Waals surface area contributed by atoms with Crippen LogP contribution in [0.5, 0.6) is 5.75 Å². The predicted molar refractivity (Wildman–Crippen MR) is 88.6 cm³/mol. The van der Waals surface area contributed by atoms with E-state index in [4.69, 9.17) is 4.74 Å². The summed E-state index contributed by atoms with van der Waals surface area (Å²) >= 11 is 0. The van der Waals surface area contributed by atoms with Crippen LogP contribution in [0.15, 0.2) is 47.6 Å². The Balaban J connectivity index is 1.85. The van der Waals surface area contributed by atoms with Crippen LogP contribution in [0.4, 0.5) is 13.2 Å². The highest BCUT2D eigenvalue weighted by Crippen LogP contribution is 2.28. The van der Waals surface area contributed by atoms with Gasteiger partial charge in [0.1, 0.15) is 5.75 Å². The molecule has 1 amide bonds. The van der Waals surface area contributed by atoms with E-state index in [1.54, 1.807) is 6.07 Å². The molecule has 4 nitrogen and oxygen atoms in total. The van der Waals surface area contributed by atoms with Crippen molar-refractivity contribution in [2.24, 2.45) is 5.10 Å². The van der Waals surface area contributed by atoms with Gasteiger partial charge in [0.15, 0.2) is 6.61 Å². The number of alkyl halides is 3. The smallest absolute Gasteiger partial charge is 0.416 e. The van der Waals surface area contributed by atoms with Crippen molar-refractivity contribution in [3.05, 3.63) is 64.7 Å². The molecular formula is C18H17F3N2O2.